The van der Waals surface area contributed by atoms with Gasteiger partial charge in [-0.15, -0.1) is 0 Å². The van der Waals surface area contributed by atoms with Crippen molar-refractivity contribution in [2.75, 3.05) is 19.7 Å². The van der Waals surface area contributed by atoms with Gasteiger partial charge in [-0.2, -0.15) is 8.78 Å². The first-order valence-corrected chi connectivity index (χ1v) is 8.20. The van der Waals surface area contributed by atoms with E-state index in [2.05, 4.69) is 0 Å². The molecule has 1 saturated heterocycles. The van der Waals surface area contributed by atoms with Crippen molar-refractivity contribution in [3.05, 3.63) is 35.1 Å². The molecule has 1 unspecified atom stereocenters. The third kappa shape index (κ3) is 4.35. The molecule has 2 rings (SSSR count). The molecule has 1 atom stereocenters. The van der Waals surface area contributed by atoms with Gasteiger partial charge in [0.05, 0.1) is 24.3 Å². The summed E-state index contributed by atoms with van der Waals surface area (Å²) in [5.41, 5.74) is -2.11. The molecule has 5 nitrogen and oxygen atoms in total. The Hall–Kier alpha value is -2.09. The average molecular weight is 373 g/mol. The van der Waals surface area contributed by atoms with Crippen LogP contribution in [0.15, 0.2) is 18.2 Å². The molecule has 1 aliphatic rings. The van der Waals surface area contributed by atoms with Gasteiger partial charge < -0.3 is 14.4 Å². The van der Waals surface area contributed by atoms with Gasteiger partial charge in [0.1, 0.15) is 17.5 Å². The Bertz CT molecular complexity index is 700. The fraction of sp³-hybridized carbons (Fsp3) is 0.556. The van der Waals surface area contributed by atoms with E-state index in [1.54, 1.807) is 20.8 Å². The molecule has 1 fully saturated rings. The number of Topliss-reactive ketones (excluding diaryl/α,β-unsaturated/α-hetero) is 1. The van der Waals surface area contributed by atoms with E-state index >= 15 is 0 Å². The number of nitrogens with zero attached hydrogens (tertiary/aromatic N) is 1. The molecule has 1 heterocycles. The molecule has 1 aliphatic heterocycles. The van der Waals surface area contributed by atoms with Crippen LogP contribution in [0.2, 0.25) is 0 Å². The zero-order valence-corrected chi connectivity index (χ0v) is 15.1. The Balaban J connectivity index is 2.25. The third-order valence-electron chi connectivity index (χ3n) is 3.86. The Morgan fingerprint density at radius 2 is 1.92 bits per heavy atom. The van der Waals surface area contributed by atoms with E-state index in [-0.39, 0.29) is 13.2 Å². The lowest BCUT2D eigenvalue weighted by Gasteiger charge is -2.37. The summed E-state index contributed by atoms with van der Waals surface area (Å²) in [6, 6.07) is 3.25. The van der Waals surface area contributed by atoms with Crippen LogP contribution < -0.4 is 0 Å². The molecule has 0 N–H and O–H groups in total. The number of hydrogen-bond acceptors (Lipinski definition) is 4. The highest BCUT2D eigenvalue weighted by Crippen LogP contribution is 2.37. The molecule has 0 saturated carbocycles. The first kappa shape index (κ1) is 20.2. The minimum absolute atomic E-state index is 0.0947. The largest absolute Gasteiger partial charge is 0.444 e. The minimum Gasteiger partial charge on any atom is -0.444 e. The van der Waals surface area contributed by atoms with Crippen molar-refractivity contribution in [3.63, 3.8) is 0 Å². The second kappa shape index (κ2) is 7.26. The lowest BCUT2D eigenvalue weighted by atomic mass is 9.97. The maximum atomic E-state index is 14.9. The maximum Gasteiger partial charge on any atom is 0.410 e. The number of hydrogen-bond donors (Lipinski definition) is 0. The number of rotatable bonds is 3. The van der Waals surface area contributed by atoms with Crippen molar-refractivity contribution in [3.8, 4) is 0 Å². The highest BCUT2D eigenvalue weighted by Gasteiger charge is 2.48. The Morgan fingerprint density at radius 1 is 1.27 bits per heavy atom. The van der Waals surface area contributed by atoms with Crippen LogP contribution in [0.25, 0.3) is 0 Å². The lowest BCUT2D eigenvalue weighted by molar-refractivity contribution is -0.171. The van der Waals surface area contributed by atoms with Gasteiger partial charge in [-0.3, -0.25) is 4.79 Å². The molecule has 26 heavy (non-hydrogen) atoms. The molecule has 0 bridgehead atoms. The van der Waals surface area contributed by atoms with Crippen LogP contribution in [-0.2, 0) is 15.4 Å². The zero-order chi connectivity index (χ0) is 19.7. The molecule has 144 valence electrons. The summed E-state index contributed by atoms with van der Waals surface area (Å²) in [6.07, 6.45) is -2.49. The average Bonchev–Trinajstić information content (AvgIpc) is 2.53. The highest BCUT2D eigenvalue weighted by molar-refractivity contribution is 5.94. The fourth-order valence-corrected chi connectivity index (χ4v) is 2.60. The van der Waals surface area contributed by atoms with Crippen molar-refractivity contribution in [2.24, 2.45) is 0 Å². The summed E-state index contributed by atoms with van der Waals surface area (Å²) < 4.78 is 54.4. The van der Waals surface area contributed by atoms with E-state index in [1.165, 1.54) is 6.07 Å². The van der Waals surface area contributed by atoms with E-state index in [0.29, 0.717) is 0 Å². The number of ether oxygens (including phenoxy) is 2. The summed E-state index contributed by atoms with van der Waals surface area (Å²) in [4.78, 5) is 24.6. The first-order valence-electron chi connectivity index (χ1n) is 8.20. The summed E-state index contributed by atoms with van der Waals surface area (Å²) in [7, 11) is 0. The van der Waals surface area contributed by atoms with Gasteiger partial charge in [0.15, 0.2) is 5.78 Å². The first-order chi connectivity index (χ1) is 11.9. The number of morpholine rings is 1. The van der Waals surface area contributed by atoms with Crippen molar-refractivity contribution in [1.29, 1.82) is 0 Å². The van der Waals surface area contributed by atoms with Gasteiger partial charge in [0, 0.05) is 6.54 Å². The summed E-state index contributed by atoms with van der Waals surface area (Å²) in [6.45, 7) is 5.61. The zero-order valence-electron chi connectivity index (χ0n) is 15.1. The lowest BCUT2D eigenvalue weighted by Crippen LogP contribution is -2.52. The Kier molecular flexibility index (Phi) is 5.65. The molecule has 1 aromatic rings. The molecule has 0 aliphatic carbocycles. The van der Waals surface area contributed by atoms with Crippen molar-refractivity contribution < 1.29 is 32.2 Å². The Labute approximate surface area is 150 Å². The van der Waals surface area contributed by atoms with Crippen LogP contribution in [0.3, 0.4) is 0 Å². The van der Waals surface area contributed by atoms with E-state index in [4.69, 9.17) is 9.47 Å². The SMILES string of the molecule is CC(=O)c1cccc(C(F)(F)C2CN(C(=O)OC(C)(C)C)CCO2)c1F. The van der Waals surface area contributed by atoms with E-state index < -0.39 is 53.0 Å². The predicted octanol–water partition coefficient (Wildman–Crippen LogP) is 3.76. The van der Waals surface area contributed by atoms with Crippen LogP contribution in [0.4, 0.5) is 18.0 Å². The highest BCUT2D eigenvalue weighted by atomic mass is 19.3. The van der Waals surface area contributed by atoms with Crippen LogP contribution in [0.5, 0.6) is 0 Å². The molecule has 1 aromatic carbocycles. The quantitative estimate of drug-likeness (QED) is 0.757. The van der Waals surface area contributed by atoms with Gasteiger partial charge in [0.2, 0.25) is 0 Å². The summed E-state index contributed by atoms with van der Waals surface area (Å²) in [5.74, 6) is -5.65. The molecule has 0 aromatic heterocycles. The van der Waals surface area contributed by atoms with Crippen LogP contribution in [0, 0.1) is 5.82 Å². The molecule has 0 spiro atoms. The molecular formula is C18H22F3NO4. The summed E-state index contributed by atoms with van der Waals surface area (Å²) in [5, 5.41) is 0. The van der Waals surface area contributed by atoms with Crippen molar-refractivity contribution >= 4 is 11.9 Å². The molecule has 8 heteroatoms. The van der Waals surface area contributed by atoms with Crippen molar-refractivity contribution in [2.45, 2.75) is 45.3 Å². The smallest absolute Gasteiger partial charge is 0.410 e. The second-order valence-electron chi connectivity index (χ2n) is 7.13. The Morgan fingerprint density at radius 3 is 2.50 bits per heavy atom. The maximum absolute atomic E-state index is 14.9. The fourth-order valence-electron chi connectivity index (χ4n) is 2.60. The number of halogens is 3. The van der Waals surface area contributed by atoms with Crippen LogP contribution >= 0.6 is 0 Å². The van der Waals surface area contributed by atoms with Crippen LogP contribution in [0.1, 0.15) is 43.6 Å². The number of amides is 1. The normalized spacial score (nSPS) is 18.6. The number of alkyl halides is 2. The number of benzene rings is 1. The number of carbonyl (C=O) groups is 2. The minimum atomic E-state index is -3.73. The standard InChI is InChI=1S/C18H22F3NO4/c1-11(23)12-6-5-7-13(15(12)19)18(20,21)14-10-22(8-9-25-14)16(24)26-17(2,3)4/h5-7,14H,8-10H2,1-4H3. The topological polar surface area (TPSA) is 55.8 Å². The third-order valence-corrected chi connectivity index (χ3v) is 3.86. The summed E-state index contributed by atoms with van der Waals surface area (Å²) >= 11 is 0. The van der Waals surface area contributed by atoms with Gasteiger partial charge in [0.25, 0.3) is 0 Å². The second-order valence-corrected chi connectivity index (χ2v) is 7.13. The molecule has 0 radical (unpaired) electrons. The van der Waals surface area contributed by atoms with Gasteiger partial charge >= 0.3 is 12.0 Å². The van der Waals surface area contributed by atoms with E-state index in [1.807, 2.05) is 0 Å². The predicted molar refractivity (Wildman–Crippen MR) is 87.8 cm³/mol. The number of carbonyl (C=O) groups excluding carboxylic acids is 2. The van der Waals surface area contributed by atoms with E-state index in [9.17, 15) is 22.8 Å². The van der Waals surface area contributed by atoms with Gasteiger partial charge in [-0.05, 0) is 39.8 Å². The van der Waals surface area contributed by atoms with Crippen molar-refractivity contribution in [1.82, 2.24) is 4.90 Å². The van der Waals surface area contributed by atoms with E-state index in [0.717, 1.165) is 24.0 Å². The van der Waals surface area contributed by atoms with Gasteiger partial charge in [-0.25, -0.2) is 9.18 Å². The molecular weight excluding hydrogens is 351 g/mol. The van der Waals surface area contributed by atoms with Crippen LogP contribution in [-0.4, -0.2) is 48.2 Å². The monoisotopic (exact) mass is 373 g/mol. The number of ketones is 1. The van der Waals surface area contributed by atoms with Gasteiger partial charge in [-0.1, -0.05) is 6.07 Å². The molecule has 1 amide bonds.